The average Bonchev–Trinajstić information content (AvgIpc) is 2.56. The van der Waals surface area contributed by atoms with Gasteiger partial charge in [-0.3, -0.25) is 0 Å². The molecule has 0 aliphatic carbocycles. The third-order valence-corrected chi connectivity index (χ3v) is 4.74. The molecule has 1 aromatic carbocycles. The van der Waals surface area contributed by atoms with Crippen molar-refractivity contribution in [3.05, 3.63) is 29.8 Å². The second-order valence-corrected chi connectivity index (χ2v) is 6.38. The van der Waals surface area contributed by atoms with E-state index in [1.54, 1.807) is 0 Å². The van der Waals surface area contributed by atoms with Crippen molar-refractivity contribution >= 4 is 26.7 Å². The van der Waals surface area contributed by atoms with E-state index in [-0.39, 0.29) is 5.41 Å². The van der Waals surface area contributed by atoms with Gasteiger partial charge in [0.2, 0.25) is 5.69 Å². The highest BCUT2D eigenvalue weighted by Gasteiger charge is 2.44. The van der Waals surface area contributed by atoms with Crippen molar-refractivity contribution in [2.24, 2.45) is 0 Å². The van der Waals surface area contributed by atoms with Crippen LogP contribution in [0.15, 0.2) is 24.3 Å². The molecule has 0 N–H and O–H groups in total. The van der Waals surface area contributed by atoms with E-state index in [1.165, 1.54) is 5.56 Å². The number of hydrogen-bond donors (Lipinski definition) is 0. The predicted octanol–water partition coefficient (Wildman–Crippen LogP) is 2.89. The minimum Gasteiger partial charge on any atom is -0.178 e. The Kier molecular flexibility index (Phi) is 3.63. The minimum absolute atomic E-state index is 0.130. The summed E-state index contributed by atoms with van der Waals surface area (Å²) in [7, 11) is -2.18. The Hall–Kier alpha value is -1.42. The molecule has 0 unspecified atom stereocenters. The molecule has 102 valence electrons. The van der Waals surface area contributed by atoms with Gasteiger partial charge in [-0.15, -0.1) is 0 Å². The molecule has 0 saturated heterocycles. The van der Waals surface area contributed by atoms with Crippen LogP contribution >= 0.6 is 0 Å². The van der Waals surface area contributed by atoms with Gasteiger partial charge in [0.15, 0.2) is 5.71 Å². The second kappa shape index (κ2) is 4.93. The van der Waals surface area contributed by atoms with E-state index in [9.17, 15) is 8.42 Å². The molecule has 0 bridgehead atoms. The van der Waals surface area contributed by atoms with Gasteiger partial charge in [0, 0.05) is 25.0 Å². The Morgan fingerprint density at radius 3 is 2.47 bits per heavy atom. The molecule has 3 nitrogen and oxygen atoms in total. The Morgan fingerprint density at radius 2 is 1.89 bits per heavy atom. The molecule has 0 saturated carbocycles. The van der Waals surface area contributed by atoms with Gasteiger partial charge in [-0.1, -0.05) is 25.1 Å². The van der Waals surface area contributed by atoms with Gasteiger partial charge >= 0.3 is 4.99 Å². The highest BCUT2D eigenvalue weighted by molar-refractivity contribution is 7.72. The summed E-state index contributed by atoms with van der Waals surface area (Å²) in [5.74, 6) is 0. The highest BCUT2D eigenvalue weighted by Crippen LogP contribution is 2.39. The lowest BCUT2D eigenvalue weighted by Crippen LogP contribution is -2.29. The van der Waals surface area contributed by atoms with Crippen LogP contribution in [0.2, 0.25) is 0 Å². The quantitative estimate of drug-likeness (QED) is 0.616. The van der Waals surface area contributed by atoms with E-state index < -0.39 is 10.3 Å². The highest BCUT2D eigenvalue weighted by atomic mass is 32.2. The molecule has 1 aliphatic rings. The van der Waals surface area contributed by atoms with Crippen molar-refractivity contribution in [2.45, 2.75) is 46.0 Å². The van der Waals surface area contributed by atoms with Crippen LogP contribution in [0.1, 0.15) is 46.1 Å². The zero-order valence-electron chi connectivity index (χ0n) is 11.9. The summed E-state index contributed by atoms with van der Waals surface area (Å²) in [6.07, 6.45) is 1.38. The van der Waals surface area contributed by atoms with Crippen LogP contribution in [0, 0.1) is 0 Å². The maximum atomic E-state index is 11.6. The molecule has 19 heavy (non-hydrogen) atoms. The number of fused-ring (bicyclic) bond motifs is 1. The molecule has 2 rings (SSSR count). The fourth-order valence-corrected chi connectivity index (χ4v) is 3.41. The third-order valence-electron chi connectivity index (χ3n) is 3.96. The van der Waals surface area contributed by atoms with Crippen molar-refractivity contribution in [3.63, 3.8) is 0 Å². The minimum atomic E-state index is -2.18. The second-order valence-electron chi connectivity index (χ2n) is 5.44. The SMILES string of the molecule is CCCC([N+]1=C(C)C(C)(C)c2ccccc21)=S(=O)=O. The predicted molar refractivity (Wildman–Crippen MR) is 78.9 cm³/mol. The zero-order valence-corrected chi connectivity index (χ0v) is 12.7. The third kappa shape index (κ3) is 2.14. The lowest BCUT2D eigenvalue weighted by atomic mass is 9.82. The molecule has 0 amide bonds. The smallest absolute Gasteiger partial charge is 0.178 e. The summed E-state index contributed by atoms with van der Waals surface area (Å²) in [6, 6.07) is 8.04. The van der Waals surface area contributed by atoms with Crippen LogP contribution in [-0.2, 0) is 15.7 Å². The molecule has 1 heterocycles. The Morgan fingerprint density at radius 1 is 1.26 bits per heavy atom. The number of para-hydroxylation sites is 1. The van der Waals surface area contributed by atoms with Gasteiger partial charge in [0.25, 0.3) is 10.3 Å². The Balaban J connectivity index is 2.77. The lowest BCUT2D eigenvalue weighted by molar-refractivity contribution is -0.302. The first-order chi connectivity index (χ1) is 8.91. The summed E-state index contributed by atoms with van der Waals surface area (Å²) < 4.78 is 25.0. The van der Waals surface area contributed by atoms with Crippen molar-refractivity contribution in [1.82, 2.24) is 0 Å². The molecular formula is C15H20NO2S+. The fourth-order valence-electron chi connectivity index (χ4n) is 2.66. The molecule has 0 atom stereocenters. The van der Waals surface area contributed by atoms with Crippen molar-refractivity contribution in [1.29, 1.82) is 0 Å². The molecule has 0 radical (unpaired) electrons. The Labute approximate surface area is 116 Å². The van der Waals surface area contributed by atoms with E-state index in [4.69, 9.17) is 0 Å². The number of nitrogens with zero attached hydrogens (tertiary/aromatic N) is 1. The summed E-state index contributed by atoms with van der Waals surface area (Å²) in [5.41, 5.74) is 3.13. The van der Waals surface area contributed by atoms with E-state index >= 15 is 0 Å². The largest absolute Gasteiger partial charge is 0.306 e. The van der Waals surface area contributed by atoms with Crippen LogP contribution < -0.4 is 0 Å². The summed E-state index contributed by atoms with van der Waals surface area (Å²) in [4.78, 5) is 0.470. The lowest BCUT2D eigenvalue weighted by Gasteiger charge is -2.14. The van der Waals surface area contributed by atoms with Gasteiger partial charge in [-0.2, -0.15) is 13.0 Å². The van der Waals surface area contributed by atoms with Crippen LogP contribution in [-0.4, -0.2) is 23.7 Å². The summed E-state index contributed by atoms with van der Waals surface area (Å²) in [5, 5.41) is 0. The molecule has 1 aliphatic heterocycles. The van der Waals surface area contributed by atoms with Crippen LogP contribution in [0.25, 0.3) is 0 Å². The standard InChI is InChI=1S/C15H20NO2S/c1-5-8-14(19(17)18)16-11(2)15(3,4)12-9-6-7-10-13(12)16/h6-7,9-10H,5,8H2,1-4H3/q+1. The van der Waals surface area contributed by atoms with Gasteiger partial charge in [-0.05, 0) is 20.3 Å². The first-order valence-corrected chi connectivity index (χ1v) is 7.67. The van der Waals surface area contributed by atoms with Crippen LogP contribution in [0.3, 0.4) is 0 Å². The monoisotopic (exact) mass is 278 g/mol. The molecule has 0 spiro atoms. The number of hydrogen-bond acceptors (Lipinski definition) is 2. The van der Waals surface area contributed by atoms with Crippen molar-refractivity contribution in [2.75, 3.05) is 0 Å². The zero-order chi connectivity index (χ0) is 14.2. The normalized spacial score (nSPS) is 16.4. The summed E-state index contributed by atoms with van der Waals surface area (Å²) >= 11 is 0. The number of rotatable bonds is 2. The molecule has 0 fully saturated rings. The van der Waals surface area contributed by atoms with Crippen molar-refractivity contribution < 1.29 is 13.0 Å². The van der Waals surface area contributed by atoms with Gasteiger partial charge in [0.1, 0.15) is 0 Å². The first kappa shape index (κ1) is 14.0. The average molecular weight is 278 g/mol. The van der Waals surface area contributed by atoms with Crippen LogP contribution in [0.5, 0.6) is 0 Å². The van der Waals surface area contributed by atoms with E-state index in [0.717, 1.165) is 17.8 Å². The molecule has 1 aromatic rings. The fraction of sp³-hybridized carbons (Fsp3) is 0.467. The maximum Gasteiger partial charge on any atom is 0.306 e. The topological polar surface area (TPSA) is 37.1 Å². The van der Waals surface area contributed by atoms with Crippen molar-refractivity contribution in [3.8, 4) is 0 Å². The van der Waals surface area contributed by atoms with Gasteiger partial charge in [0.05, 0.1) is 5.41 Å². The van der Waals surface area contributed by atoms with E-state index in [0.29, 0.717) is 11.4 Å². The van der Waals surface area contributed by atoms with E-state index in [1.807, 2.05) is 36.6 Å². The molecular weight excluding hydrogens is 258 g/mol. The van der Waals surface area contributed by atoms with Gasteiger partial charge in [-0.25, -0.2) is 0 Å². The first-order valence-electron chi connectivity index (χ1n) is 6.60. The van der Waals surface area contributed by atoms with Crippen LogP contribution in [0.4, 0.5) is 5.69 Å². The molecule has 0 aromatic heterocycles. The number of benzene rings is 1. The van der Waals surface area contributed by atoms with E-state index in [2.05, 4.69) is 19.9 Å². The summed E-state index contributed by atoms with van der Waals surface area (Å²) in [6.45, 7) is 8.29. The Bertz CT molecular complexity index is 674. The maximum absolute atomic E-state index is 11.6. The molecule has 4 heteroatoms. The van der Waals surface area contributed by atoms with Gasteiger partial charge < -0.3 is 0 Å².